The largest absolute Gasteiger partial charge is 0.410 e. The topological polar surface area (TPSA) is 89.0 Å². The number of anilines is 2. The Morgan fingerprint density at radius 1 is 1.03 bits per heavy atom. The summed E-state index contributed by atoms with van der Waals surface area (Å²) in [5.74, 6) is 0.868. The van der Waals surface area contributed by atoms with Crippen LogP contribution < -0.4 is 15.4 Å². The van der Waals surface area contributed by atoms with Crippen LogP contribution in [0.15, 0.2) is 66.9 Å². The number of hydrogen-bond donors (Lipinski definition) is 2. The molecule has 2 heterocycles. The summed E-state index contributed by atoms with van der Waals surface area (Å²) in [5.41, 5.74) is 2.46. The number of pyridine rings is 1. The van der Waals surface area contributed by atoms with Gasteiger partial charge in [-0.3, -0.25) is 4.79 Å². The predicted octanol–water partition coefficient (Wildman–Crippen LogP) is 4.27. The van der Waals surface area contributed by atoms with Crippen molar-refractivity contribution >= 4 is 40.4 Å². The van der Waals surface area contributed by atoms with Gasteiger partial charge in [-0.2, -0.15) is 5.10 Å². The average molecular weight is 420 g/mol. The van der Waals surface area contributed by atoms with Crippen LogP contribution >= 0.6 is 11.6 Å². The van der Waals surface area contributed by atoms with E-state index >= 15 is 0 Å². The zero-order chi connectivity index (χ0) is 20.9. The van der Waals surface area contributed by atoms with Crippen LogP contribution in [-0.4, -0.2) is 28.7 Å². The highest BCUT2D eigenvalue weighted by atomic mass is 35.5. The van der Waals surface area contributed by atoms with Crippen molar-refractivity contribution < 1.29 is 9.53 Å². The average Bonchev–Trinajstić information content (AvgIpc) is 2.78. The summed E-state index contributed by atoms with van der Waals surface area (Å²) in [4.78, 5) is 14.7. The maximum absolute atomic E-state index is 10.7. The van der Waals surface area contributed by atoms with Gasteiger partial charge in [0.05, 0.1) is 11.7 Å². The third-order valence-corrected chi connectivity index (χ3v) is 4.90. The molecule has 150 valence electrons. The molecule has 8 heteroatoms. The Morgan fingerprint density at radius 2 is 1.80 bits per heavy atom. The number of fused-ring (bicyclic) bond motifs is 1. The van der Waals surface area contributed by atoms with Crippen LogP contribution in [0.25, 0.3) is 10.8 Å². The molecule has 0 spiro atoms. The van der Waals surface area contributed by atoms with Gasteiger partial charge in [0.25, 0.3) is 6.47 Å². The highest BCUT2D eigenvalue weighted by Crippen LogP contribution is 2.31. The number of benzene rings is 2. The Balaban J connectivity index is 1.77. The standard InChI is InChI=1S/C22H18ClN5O2/c1-24-20(14-10-11-25-19(12-14)30-13-29)21-17-4-2-3-5-18(17)22(28-27-21)26-16-8-6-15(23)7-9-16/h2-13,20,24H,1H3,(H,26,28). The normalized spacial score (nSPS) is 11.8. The van der Waals surface area contributed by atoms with Gasteiger partial charge in [-0.1, -0.05) is 35.9 Å². The molecule has 7 nitrogen and oxygen atoms in total. The minimum Gasteiger partial charge on any atom is -0.410 e. The summed E-state index contributed by atoms with van der Waals surface area (Å²) >= 11 is 5.98. The molecule has 0 fully saturated rings. The molecule has 0 aliphatic heterocycles. The minimum atomic E-state index is -0.274. The van der Waals surface area contributed by atoms with Gasteiger partial charge in [-0.25, -0.2) is 4.98 Å². The SMILES string of the molecule is CNC(c1ccnc(OC=O)c1)c1nnc(Nc2ccc(Cl)cc2)c2ccccc12. The summed E-state index contributed by atoms with van der Waals surface area (Å²) in [6, 6.07) is 18.6. The van der Waals surface area contributed by atoms with E-state index in [-0.39, 0.29) is 11.9 Å². The number of rotatable bonds is 7. The molecule has 0 aliphatic carbocycles. The van der Waals surface area contributed by atoms with E-state index in [1.807, 2.05) is 61.6 Å². The first-order valence-electron chi connectivity index (χ1n) is 9.21. The fraction of sp³-hybridized carbons (Fsp3) is 0.0909. The van der Waals surface area contributed by atoms with Crippen LogP contribution in [0.1, 0.15) is 17.3 Å². The molecule has 1 atom stereocenters. The first-order chi connectivity index (χ1) is 14.7. The highest BCUT2D eigenvalue weighted by molar-refractivity contribution is 6.30. The van der Waals surface area contributed by atoms with Gasteiger partial charge >= 0.3 is 0 Å². The Bertz CT molecular complexity index is 1180. The number of halogens is 1. The van der Waals surface area contributed by atoms with Gasteiger partial charge < -0.3 is 15.4 Å². The first-order valence-corrected chi connectivity index (χ1v) is 9.59. The van der Waals surface area contributed by atoms with Crippen molar-refractivity contribution in [1.82, 2.24) is 20.5 Å². The van der Waals surface area contributed by atoms with Crippen molar-refractivity contribution in [3.8, 4) is 5.88 Å². The highest BCUT2D eigenvalue weighted by Gasteiger charge is 2.20. The zero-order valence-corrected chi connectivity index (χ0v) is 16.8. The summed E-state index contributed by atoms with van der Waals surface area (Å²) < 4.78 is 4.88. The van der Waals surface area contributed by atoms with Gasteiger partial charge in [-0.05, 0) is 42.9 Å². The lowest BCUT2D eigenvalue weighted by Crippen LogP contribution is -2.20. The van der Waals surface area contributed by atoms with E-state index in [1.54, 1.807) is 12.3 Å². The molecule has 0 aliphatic rings. The van der Waals surface area contributed by atoms with Crippen molar-refractivity contribution in [2.24, 2.45) is 0 Å². The first kappa shape index (κ1) is 19.8. The number of nitrogens with one attached hydrogen (secondary N) is 2. The molecular weight excluding hydrogens is 402 g/mol. The van der Waals surface area contributed by atoms with Crippen LogP contribution in [0.2, 0.25) is 5.02 Å². The van der Waals surface area contributed by atoms with Crippen LogP contribution in [0.3, 0.4) is 0 Å². The molecule has 0 saturated heterocycles. The number of nitrogens with zero attached hydrogens (tertiary/aromatic N) is 3. The number of carbonyl (C=O) groups is 1. The lowest BCUT2D eigenvalue weighted by atomic mass is 10.00. The molecule has 0 radical (unpaired) electrons. The van der Waals surface area contributed by atoms with Crippen molar-refractivity contribution in [3.05, 3.63) is 83.1 Å². The predicted molar refractivity (Wildman–Crippen MR) is 116 cm³/mol. The number of ether oxygens (including phenoxy) is 1. The van der Waals surface area contributed by atoms with Crippen LogP contribution in [0.4, 0.5) is 11.5 Å². The van der Waals surface area contributed by atoms with Gasteiger partial charge in [0.2, 0.25) is 5.88 Å². The summed E-state index contributed by atoms with van der Waals surface area (Å²) in [7, 11) is 1.83. The maximum Gasteiger partial charge on any atom is 0.299 e. The second kappa shape index (κ2) is 8.86. The molecule has 0 saturated carbocycles. The van der Waals surface area contributed by atoms with E-state index in [2.05, 4.69) is 25.8 Å². The molecule has 0 amide bonds. The Kier molecular flexibility index (Phi) is 5.83. The van der Waals surface area contributed by atoms with Crippen LogP contribution in [0, 0.1) is 0 Å². The third-order valence-electron chi connectivity index (χ3n) is 4.65. The smallest absolute Gasteiger partial charge is 0.299 e. The molecule has 30 heavy (non-hydrogen) atoms. The maximum atomic E-state index is 10.7. The van der Waals surface area contributed by atoms with E-state index in [0.29, 0.717) is 17.3 Å². The lowest BCUT2D eigenvalue weighted by Gasteiger charge is -2.19. The van der Waals surface area contributed by atoms with Crippen LogP contribution in [-0.2, 0) is 4.79 Å². The molecule has 4 aromatic rings. The third kappa shape index (κ3) is 4.07. The number of carbonyl (C=O) groups excluding carboxylic acids is 1. The van der Waals surface area contributed by atoms with Crippen molar-refractivity contribution in [2.45, 2.75) is 6.04 Å². The van der Waals surface area contributed by atoms with E-state index in [4.69, 9.17) is 16.3 Å². The minimum absolute atomic E-state index is 0.223. The summed E-state index contributed by atoms with van der Waals surface area (Å²) in [5, 5.41) is 18.1. The van der Waals surface area contributed by atoms with E-state index < -0.39 is 0 Å². The number of hydrogen-bond acceptors (Lipinski definition) is 7. The second-order valence-corrected chi connectivity index (χ2v) is 6.91. The van der Waals surface area contributed by atoms with E-state index in [9.17, 15) is 4.79 Å². The molecule has 2 N–H and O–H groups in total. The van der Waals surface area contributed by atoms with Gasteiger partial charge in [-0.15, -0.1) is 5.10 Å². The second-order valence-electron chi connectivity index (χ2n) is 6.47. The lowest BCUT2D eigenvalue weighted by molar-refractivity contribution is -0.120. The van der Waals surface area contributed by atoms with Crippen molar-refractivity contribution in [2.75, 3.05) is 12.4 Å². The van der Waals surface area contributed by atoms with Crippen LogP contribution in [0.5, 0.6) is 5.88 Å². The molecule has 0 bridgehead atoms. The Labute approximate surface area is 178 Å². The quantitative estimate of drug-likeness (QED) is 0.432. The molecule has 1 unspecified atom stereocenters. The molecule has 2 aromatic carbocycles. The van der Waals surface area contributed by atoms with E-state index in [0.717, 1.165) is 27.7 Å². The van der Waals surface area contributed by atoms with Gasteiger partial charge in [0, 0.05) is 33.7 Å². The van der Waals surface area contributed by atoms with Gasteiger partial charge in [0.1, 0.15) is 0 Å². The monoisotopic (exact) mass is 419 g/mol. The molecule has 2 aromatic heterocycles. The summed E-state index contributed by atoms with van der Waals surface area (Å²) in [6.45, 7) is 0.354. The zero-order valence-electron chi connectivity index (χ0n) is 16.0. The van der Waals surface area contributed by atoms with Gasteiger partial charge in [0.15, 0.2) is 5.82 Å². The van der Waals surface area contributed by atoms with Crippen molar-refractivity contribution in [3.63, 3.8) is 0 Å². The van der Waals surface area contributed by atoms with E-state index in [1.165, 1.54) is 0 Å². The molecular formula is C22H18ClN5O2. The Morgan fingerprint density at radius 3 is 2.53 bits per heavy atom. The fourth-order valence-electron chi connectivity index (χ4n) is 3.28. The fourth-order valence-corrected chi connectivity index (χ4v) is 3.41. The number of aromatic nitrogens is 3. The Hall–Kier alpha value is -3.55. The summed E-state index contributed by atoms with van der Waals surface area (Å²) in [6.07, 6.45) is 1.59. The molecule has 4 rings (SSSR count). The van der Waals surface area contributed by atoms with Crippen molar-refractivity contribution in [1.29, 1.82) is 0 Å².